The van der Waals surface area contributed by atoms with E-state index in [0.717, 1.165) is 11.0 Å². The topological polar surface area (TPSA) is 4.93 Å². The lowest BCUT2D eigenvalue weighted by Crippen LogP contribution is -2.10. The number of aryl methyl sites for hydroxylation is 1. The molecule has 3 aromatic carbocycles. The molecule has 4 rings (SSSR count). The van der Waals surface area contributed by atoms with E-state index in [2.05, 4.69) is 121 Å². The molecule has 0 saturated heterocycles. The number of fused-ring (bicyclic) bond motifs is 1. The SMILES string of the molecule is Cc1ccc(Br)cc1Cn1cc(-c2ccc(C(C)(C)C)cc2)c2ccccc21. The highest BCUT2D eigenvalue weighted by Crippen LogP contribution is 2.33. The fourth-order valence-corrected chi connectivity index (χ4v) is 4.16. The summed E-state index contributed by atoms with van der Waals surface area (Å²) in [7, 11) is 0. The normalized spacial score (nSPS) is 11.9. The Morgan fingerprint density at radius 1 is 0.893 bits per heavy atom. The third-order valence-electron chi connectivity index (χ3n) is 5.50. The van der Waals surface area contributed by atoms with Crippen LogP contribution in [0, 0.1) is 6.92 Å². The highest BCUT2D eigenvalue weighted by molar-refractivity contribution is 9.10. The van der Waals surface area contributed by atoms with Crippen molar-refractivity contribution in [3.8, 4) is 11.1 Å². The van der Waals surface area contributed by atoms with Crippen LogP contribution >= 0.6 is 15.9 Å². The first-order valence-corrected chi connectivity index (χ1v) is 10.6. The first kappa shape index (κ1) is 19.0. The van der Waals surface area contributed by atoms with Crippen molar-refractivity contribution >= 4 is 26.8 Å². The summed E-state index contributed by atoms with van der Waals surface area (Å²) in [6.07, 6.45) is 2.30. The summed E-state index contributed by atoms with van der Waals surface area (Å²) in [6.45, 7) is 9.82. The summed E-state index contributed by atoms with van der Waals surface area (Å²) in [5.41, 5.74) is 8.03. The summed E-state index contributed by atoms with van der Waals surface area (Å²) in [5.74, 6) is 0. The van der Waals surface area contributed by atoms with Crippen LogP contribution in [0.15, 0.2) is 77.4 Å². The van der Waals surface area contributed by atoms with Crippen molar-refractivity contribution in [1.82, 2.24) is 4.57 Å². The maximum atomic E-state index is 3.61. The zero-order valence-corrected chi connectivity index (χ0v) is 18.5. The summed E-state index contributed by atoms with van der Waals surface area (Å²) >= 11 is 3.61. The highest BCUT2D eigenvalue weighted by atomic mass is 79.9. The van der Waals surface area contributed by atoms with Crippen LogP contribution in [-0.4, -0.2) is 4.57 Å². The van der Waals surface area contributed by atoms with Crippen molar-refractivity contribution in [2.24, 2.45) is 0 Å². The van der Waals surface area contributed by atoms with E-state index in [1.54, 1.807) is 0 Å². The number of aromatic nitrogens is 1. The molecule has 4 aromatic rings. The Morgan fingerprint density at radius 3 is 2.32 bits per heavy atom. The molecule has 0 unspecified atom stereocenters. The van der Waals surface area contributed by atoms with E-state index in [9.17, 15) is 0 Å². The van der Waals surface area contributed by atoms with E-state index in [-0.39, 0.29) is 5.41 Å². The predicted molar refractivity (Wildman–Crippen MR) is 124 cm³/mol. The van der Waals surface area contributed by atoms with E-state index in [4.69, 9.17) is 0 Å². The van der Waals surface area contributed by atoms with Gasteiger partial charge in [-0.3, -0.25) is 0 Å². The lowest BCUT2D eigenvalue weighted by molar-refractivity contribution is 0.590. The molecular weight excluding hydrogens is 406 g/mol. The zero-order chi connectivity index (χ0) is 19.9. The van der Waals surface area contributed by atoms with Gasteiger partial charge in [0.15, 0.2) is 0 Å². The van der Waals surface area contributed by atoms with Gasteiger partial charge in [0.1, 0.15) is 0 Å². The van der Waals surface area contributed by atoms with Crippen molar-refractivity contribution in [1.29, 1.82) is 0 Å². The van der Waals surface area contributed by atoms with Crippen molar-refractivity contribution < 1.29 is 0 Å². The molecule has 2 heteroatoms. The summed E-state index contributed by atoms with van der Waals surface area (Å²) in [6, 6.07) is 24.3. The summed E-state index contributed by atoms with van der Waals surface area (Å²) in [4.78, 5) is 0. The largest absolute Gasteiger partial charge is 0.342 e. The molecule has 0 N–H and O–H groups in total. The molecule has 1 heterocycles. The van der Waals surface area contributed by atoms with Crippen LogP contribution < -0.4 is 0 Å². The van der Waals surface area contributed by atoms with Gasteiger partial charge in [0.2, 0.25) is 0 Å². The quantitative estimate of drug-likeness (QED) is 0.312. The highest BCUT2D eigenvalue weighted by Gasteiger charge is 2.15. The van der Waals surface area contributed by atoms with Gasteiger partial charge in [-0.25, -0.2) is 0 Å². The number of benzene rings is 3. The van der Waals surface area contributed by atoms with Crippen LogP contribution in [0.25, 0.3) is 22.0 Å². The fourth-order valence-electron chi connectivity index (χ4n) is 3.75. The smallest absolute Gasteiger partial charge is 0.0489 e. The Balaban J connectivity index is 1.80. The molecule has 0 spiro atoms. The predicted octanol–water partition coefficient (Wildman–Crippen LogP) is 7.73. The van der Waals surface area contributed by atoms with Gasteiger partial charge in [0.25, 0.3) is 0 Å². The second-order valence-corrected chi connectivity index (χ2v) is 9.50. The van der Waals surface area contributed by atoms with Gasteiger partial charge >= 0.3 is 0 Å². The second kappa shape index (κ2) is 7.25. The molecule has 0 fully saturated rings. The molecule has 0 aliphatic heterocycles. The number of hydrogen-bond donors (Lipinski definition) is 0. The fraction of sp³-hybridized carbons (Fsp3) is 0.231. The molecule has 1 nitrogen and oxygen atoms in total. The van der Waals surface area contributed by atoms with Crippen LogP contribution in [0.1, 0.15) is 37.5 Å². The van der Waals surface area contributed by atoms with Crippen LogP contribution in [0.4, 0.5) is 0 Å². The number of nitrogens with zero attached hydrogens (tertiary/aromatic N) is 1. The Morgan fingerprint density at radius 2 is 1.61 bits per heavy atom. The van der Waals surface area contributed by atoms with Crippen LogP contribution in [-0.2, 0) is 12.0 Å². The molecule has 0 amide bonds. The van der Waals surface area contributed by atoms with Gasteiger partial charge < -0.3 is 4.57 Å². The van der Waals surface area contributed by atoms with Gasteiger partial charge in [0, 0.05) is 33.7 Å². The Bertz CT molecular complexity index is 1130. The van der Waals surface area contributed by atoms with E-state index in [0.29, 0.717) is 0 Å². The lowest BCUT2D eigenvalue weighted by atomic mass is 9.86. The van der Waals surface area contributed by atoms with Crippen LogP contribution in [0.2, 0.25) is 0 Å². The summed E-state index contributed by atoms with van der Waals surface area (Å²) < 4.78 is 3.50. The molecule has 0 atom stereocenters. The Labute approximate surface area is 176 Å². The third-order valence-corrected chi connectivity index (χ3v) is 6.00. The van der Waals surface area contributed by atoms with Gasteiger partial charge in [-0.1, -0.05) is 85.2 Å². The molecule has 1 aromatic heterocycles. The monoisotopic (exact) mass is 431 g/mol. The lowest BCUT2D eigenvalue weighted by Gasteiger charge is -2.19. The van der Waals surface area contributed by atoms with Crippen molar-refractivity contribution in [2.75, 3.05) is 0 Å². The first-order chi connectivity index (χ1) is 13.3. The van der Waals surface area contributed by atoms with E-state index < -0.39 is 0 Å². The van der Waals surface area contributed by atoms with E-state index in [1.165, 1.54) is 38.7 Å². The average Bonchev–Trinajstić information content (AvgIpc) is 3.03. The first-order valence-electron chi connectivity index (χ1n) is 9.77. The molecule has 28 heavy (non-hydrogen) atoms. The minimum absolute atomic E-state index is 0.171. The maximum absolute atomic E-state index is 3.61. The van der Waals surface area contributed by atoms with Gasteiger partial charge in [0.05, 0.1) is 0 Å². The number of halogens is 1. The number of rotatable bonds is 3. The molecule has 0 aliphatic carbocycles. The van der Waals surface area contributed by atoms with E-state index in [1.807, 2.05) is 0 Å². The third kappa shape index (κ3) is 3.66. The van der Waals surface area contributed by atoms with Crippen molar-refractivity contribution in [2.45, 2.75) is 39.7 Å². The van der Waals surface area contributed by atoms with Gasteiger partial charge in [-0.15, -0.1) is 0 Å². The number of para-hydroxylation sites is 1. The van der Waals surface area contributed by atoms with Crippen LogP contribution in [0.5, 0.6) is 0 Å². The molecule has 0 bridgehead atoms. The molecule has 0 radical (unpaired) electrons. The standard InChI is InChI=1S/C26H26BrN/c1-18-9-14-22(27)15-20(18)16-28-17-24(23-7-5-6-8-25(23)28)19-10-12-21(13-11-19)26(2,3)4/h5-15,17H,16H2,1-4H3. The van der Waals surface area contributed by atoms with Gasteiger partial charge in [-0.05, 0) is 52.8 Å². The molecule has 0 saturated carbocycles. The van der Waals surface area contributed by atoms with Crippen molar-refractivity contribution in [3.05, 3.63) is 94.1 Å². The van der Waals surface area contributed by atoms with Crippen molar-refractivity contribution in [3.63, 3.8) is 0 Å². The molecular formula is C26H26BrN. The minimum atomic E-state index is 0.171. The summed E-state index contributed by atoms with van der Waals surface area (Å²) in [5, 5.41) is 1.30. The zero-order valence-electron chi connectivity index (χ0n) is 17.0. The number of hydrogen-bond acceptors (Lipinski definition) is 0. The Kier molecular flexibility index (Phi) is 4.93. The molecule has 142 valence electrons. The van der Waals surface area contributed by atoms with E-state index >= 15 is 0 Å². The second-order valence-electron chi connectivity index (χ2n) is 8.59. The molecule has 0 aliphatic rings. The maximum Gasteiger partial charge on any atom is 0.0489 e. The van der Waals surface area contributed by atoms with Gasteiger partial charge in [-0.2, -0.15) is 0 Å². The minimum Gasteiger partial charge on any atom is -0.342 e. The van der Waals surface area contributed by atoms with Crippen LogP contribution in [0.3, 0.4) is 0 Å². The Hall–Kier alpha value is -2.32. The average molecular weight is 432 g/mol.